The Bertz CT molecular complexity index is 1670. The largest absolute Gasteiger partial charge is 0.493 e. The molecule has 3 aromatic carbocycles. The first-order valence-electron chi connectivity index (χ1n) is 14.2. The number of carbonyl (C=O) groups is 3. The van der Waals surface area contributed by atoms with Crippen LogP contribution in [-0.2, 0) is 14.3 Å². The third kappa shape index (κ3) is 4.12. The summed E-state index contributed by atoms with van der Waals surface area (Å²) in [6.07, 6.45) is 1.74. The SMILES string of the molecule is CC(C)(C)N(C(N)=O)c1cccc(OCC[C@@]23CC[C@@](C)(O2)[C@H]2C(=O)N(c4ccc(C#N)c5ccccc45)C(=O)[C@H]23)c1. The van der Waals surface area contributed by atoms with Crippen molar-refractivity contribution in [2.75, 3.05) is 16.4 Å². The smallest absolute Gasteiger partial charge is 0.319 e. The molecule has 0 radical (unpaired) electrons. The minimum atomic E-state index is -0.828. The summed E-state index contributed by atoms with van der Waals surface area (Å²) in [6.45, 7) is 7.90. The number of nitriles is 1. The fourth-order valence-electron chi connectivity index (χ4n) is 7.32. The number of urea groups is 1. The van der Waals surface area contributed by atoms with E-state index in [0.29, 0.717) is 52.7 Å². The highest BCUT2D eigenvalue weighted by molar-refractivity contribution is 6.26. The Kier molecular flexibility index (Phi) is 6.32. The van der Waals surface area contributed by atoms with E-state index in [0.717, 1.165) is 0 Å². The molecular weight excluding hydrogens is 532 g/mol. The number of rotatable bonds is 6. The van der Waals surface area contributed by atoms with Gasteiger partial charge in [-0.3, -0.25) is 14.5 Å². The van der Waals surface area contributed by atoms with Crippen LogP contribution in [0.5, 0.6) is 5.75 Å². The number of fused-ring (bicyclic) bond motifs is 6. The van der Waals surface area contributed by atoms with Gasteiger partial charge >= 0.3 is 6.03 Å². The van der Waals surface area contributed by atoms with E-state index in [4.69, 9.17) is 15.2 Å². The van der Waals surface area contributed by atoms with Gasteiger partial charge in [-0.1, -0.05) is 30.3 Å². The maximum atomic E-state index is 14.1. The number of hydrogen-bond acceptors (Lipinski definition) is 6. The Morgan fingerprint density at radius 1 is 1.07 bits per heavy atom. The van der Waals surface area contributed by atoms with Crippen molar-refractivity contribution in [3.63, 3.8) is 0 Å². The molecular formula is C33H34N4O5. The summed E-state index contributed by atoms with van der Waals surface area (Å²) in [5.74, 6) is -1.18. The van der Waals surface area contributed by atoms with Crippen molar-refractivity contribution in [1.29, 1.82) is 5.26 Å². The van der Waals surface area contributed by atoms with E-state index < -0.39 is 34.6 Å². The van der Waals surface area contributed by atoms with Gasteiger partial charge in [-0.05, 0) is 64.8 Å². The van der Waals surface area contributed by atoms with Crippen molar-refractivity contribution in [3.05, 3.63) is 66.2 Å². The summed E-state index contributed by atoms with van der Waals surface area (Å²) < 4.78 is 12.7. The predicted octanol–water partition coefficient (Wildman–Crippen LogP) is 5.29. The minimum absolute atomic E-state index is 0.258. The number of ether oxygens (including phenoxy) is 2. The second kappa shape index (κ2) is 9.57. The van der Waals surface area contributed by atoms with Crippen LogP contribution in [0, 0.1) is 23.2 Å². The van der Waals surface area contributed by atoms with Crippen LogP contribution < -0.4 is 20.3 Å². The summed E-state index contributed by atoms with van der Waals surface area (Å²) in [5.41, 5.74) is 5.18. The summed E-state index contributed by atoms with van der Waals surface area (Å²) in [5, 5.41) is 11.0. The van der Waals surface area contributed by atoms with E-state index in [1.54, 1.807) is 30.3 Å². The van der Waals surface area contributed by atoms with Crippen LogP contribution in [0.2, 0.25) is 0 Å². The van der Waals surface area contributed by atoms with Gasteiger partial charge in [0.25, 0.3) is 0 Å². The van der Waals surface area contributed by atoms with E-state index in [1.165, 1.54) is 9.80 Å². The first-order valence-corrected chi connectivity index (χ1v) is 14.2. The van der Waals surface area contributed by atoms with Crippen LogP contribution in [0.15, 0.2) is 60.7 Å². The Morgan fingerprint density at radius 3 is 2.48 bits per heavy atom. The Hall–Kier alpha value is -4.42. The monoisotopic (exact) mass is 566 g/mol. The molecule has 3 saturated heterocycles. The number of nitrogens with two attached hydrogens (primary N) is 1. The van der Waals surface area contributed by atoms with Crippen molar-refractivity contribution in [2.45, 2.75) is 63.7 Å². The lowest BCUT2D eigenvalue weighted by Crippen LogP contribution is -2.48. The minimum Gasteiger partial charge on any atom is -0.493 e. The number of anilines is 2. The van der Waals surface area contributed by atoms with Crippen LogP contribution in [-0.4, -0.2) is 41.2 Å². The van der Waals surface area contributed by atoms with Gasteiger partial charge in [-0.15, -0.1) is 0 Å². The number of hydrogen-bond donors (Lipinski definition) is 1. The number of amides is 4. The van der Waals surface area contributed by atoms with E-state index in [9.17, 15) is 19.6 Å². The Balaban J connectivity index is 1.26. The highest BCUT2D eigenvalue weighted by Crippen LogP contribution is 2.62. The third-order valence-electron chi connectivity index (χ3n) is 9.04. The lowest BCUT2D eigenvalue weighted by Gasteiger charge is -2.34. The first kappa shape index (κ1) is 27.7. The molecule has 0 aliphatic carbocycles. The molecule has 3 aliphatic rings. The Morgan fingerprint density at radius 2 is 1.79 bits per heavy atom. The van der Waals surface area contributed by atoms with Gasteiger partial charge in [0.05, 0.1) is 47.0 Å². The second-order valence-electron chi connectivity index (χ2n) is 12.7. The maximum absolute atomic E-state index is 14.1. The fraction of sp³-hybridized carbons (Fsp3) is 0.394. The molecule has 3 heterocycles. The summed E-state index contributed by atoms with van der Waals surface area (Å²) in [7, 11) is 0. The Labute approximate surface area is 244 Å². The van der Waals surface area contributed by atoms with Gasteiger partial charge in [-0.2, -0.15) is 5.26 Å². The van der Waals surface area contributed by atoms with Crippen LogP contribution in [0.3, 0.4) is 0 Å². The van der Waals surface area contributed by atoms with E-state index in [1.807, 2.05) is 58.0 Å². The highest BCUT2D eigenvalue weighted by atomic mass is 16.5. The highest BCUT2D eigenvalue weighted by Gasteiger charge is 2.73. The standard InChI is InChI=1S/C33H34N4O5/c1-31(2,3)37(30(35)40)21-8-7-9-22(18-21)41-17-16-33-15-14-32(4,42-33)26-27(33)29(39)36(28(26)38)25-13-12-20(19-34)23-10-5-6-11-24(23)25/h5-13,18,26-27H,14-17H2,1-4H3,(H2,35,40)/t26-,27+,32-,33-/m1/s1. The normalized spacial score (nSPS) is 26.4. The summed E-state index contributed by atoms with van der Waals surface area (Å²) >= 11 is 0. The van der Waals surface area contributed by atoms with Crippen molar-refractivity contribution in [3.8, 4) is 11.8 Å². The topological polar surface area (TPSA) is 126 Å². The zero-order chi connectivity index (χ0) is 30.0. The van der Waals surface area contributed by atoms with E-state index >= 15 is 0 Å². The van der Waals surface area contributed by atoms with Crippen LogP contribution in [0.1, 0.15) is 52.5 Å². The van der Waals surface area contributed by atoms with Gasteiger partial charge in [0.2, 0.25) is 11.8 Å². The van der Waals surface area contributed by atoms with Crippen LogP contribution in [0.4, 0.5) is 16.2 Å². The van der Waals surface area contributed by atoms with Crippen molar-refractivity contribution in [2.24, 2.45) is 17.6 Å². The molecule has 9 nitrogen and oxygen atoms in total. The molecule has 0 aromatic heterocycles. The molecule has 216 valence electrons. The molecule has 9 heteroatoms. The third-order valence-corrected chi connectivity index (χ3v) is 9.04. The van der Waals surface area contributed by atoms with Gasteiger partial charge in [-0.25, -0.2) is 9.69 Å². The lowest BCUT2D eigenvalue weighted by atomic mass is 9.67. The molecule has 3 fully saturated rings. The average Bonchev–Trinajstić information content (AvgIpc) is 3.51. The molecule has 2 bridgehead atoms. The van der Waals surface area contributed by atoms with Crippen molar-refractivity contribution in [1.82, 2.24) is 0 Å². The molecule has 4 amide bonds. The van der Waals surface area contributed by atoms with Crippen LogP contribution in [0.25, 0.3) is 10.8 Å². The molecule has 0 saturated carbocycles. The maximum Gasteiger partial charge on any atom is 0.319 e. The quantitative estimate of drug-likeness (QED) is 0.404. The summed E-state index contributed by atoms with van der Waals surface area (Å²) in [6, 6.07) is 19.5. The molecule has 3 aliphatic heterocycles. The van der Waals surface area contributed by atoms with Crippen LogP contribution >= 0.6 is 0 Å². The molecule has 0 spiro atoms. The summed E-state index contributed by atoms with van der Waals surface area (Å²) in [4.78, 5) is 43.1. The molecule has 3 aromatic rings. The molecule has 42 heavy (non-hydrogen) atoms. The van der Waals surface area contributed by atoms with Gasteiger partial charge in [0, 0.05) is 34.5 Å². The number of nitrogens with zero attached hydrogens (tertiary/aromatic N) is 3. The zero-order valence-corrected chi connectivity index (χ0v) is 24.2. The number of benzene rings is 3. The molecule has 4 atom stereocenters. The molecule has 0 unspecified atom stereocenters. The lowest BCUT2D eigenvalue weighted by molar-refractivity contribution is -0.131. The number of primary amides is 1. The molecule has 6 rings (SSSR count). The van der Waals surface area contributed by atoms with Crippen molar-refractivity contribution < 1.29 is 23.9 Å². The van der Waals surface area contributed by atoms with Gasteiger partial charge < -0.3 is 15.2 Å². The van der Waals surface area contributed by atoms with Gasteiger partial charge in [0.1, 0.15) is 5.75 Å². The van der Waals surface area contributed by atoms with Crippen molar-refractivity contribution >= 4 is 40.0 Å². The zero-order valence-electron chi connectivity index (χ0n) is 24.2. The first-order chi connectivity index (χ1) is 19.9. The van der Waals surface area contributed by atoms with Gasteiger partial charge in [0.15, 0.2) is 0 Å². The van der Waals surface area contributed by atoms with E-state index in [2.05, 4.69) is 6.07 Å². The fourth-order valence-corrected chi connectivity index (χ4v) is 7.32. The number of imide groups is 1. The molecule has 2 N–H and O–H groups in total. The second-order valence-corrected chi connectivity index (χ2v) is 12.7. The average molecular weight is 567 g/mol. The number of carbonyl (C=O) groups excluding carboxylic acids is 3. The predicted molar refractivity (Wildman–Crippen MR) is 158 cm³/mol. The van der Waals surface area contributed by atoms with E-state index in [-0.39, 0.29) is 18.4 Å².